The third-order valence-corrected chi connectivity index (χ3v) is 4.26. The van der Waals surface area contributed by atoms with Crippen molar-refractivity contribution in [3.8, 4) is 11.1 Å². The van der Waals surface area contributed by atoms with Crippen molar-refractivity contribution < 1.29 is 8.78 Å². The lowest BCUT2D eigenvalue weighted by Gasteiger charge is -2.23. The molecule has 22 heavy (non-hydrogen) atoms. The summed E-state index contributed by atoms with van der Waals surface area (Å²) in [5.41, 5.74) is 2.60. The molecule has 0 spiro atoms. The summed E-state index contributed by atoms with van der Waals surface area (Å²) >= 11 is 7.59. The number of guanidine groups is 1. The fourth-order valence-electron chi connectivity index (χ4n) is 2.13. The Morgan fingerprint density at radius 3 is 2.64 bits per heavy atom. The maximum Gasteiger partial charge on any atom is 0.257 e. The lowest BCUT2D eigenvalue weighted by molar-refractivity contribution is 0.158. The number of aliphatic imine (C=N–C) groups is 1. The van der Waals surface area contributed by atoms with Crippen molar-refractivity contribution in [1.29, 1.82) is 0 Å². The third kappa shape index (κ3) is 3.18. The summed E-state index contributed by atoms with van der Waals surface area (Å²) in [4.78, 5) is 4.78. The van der Waals surface area contributed by atoms with Crippen LogP contribution in [0.3, 0.4) is 0 Å². The Bertz CT molecular complexity index is 722. The second kappa shape index (κ2) is 6.54. The first kappa shape index (κ1) is 15.1. The van der Waals surface area contributed by atoms with Gasteiger partial charge in [-0.3, -0.25) is 4.72 Å². The molecule has 2 aromatic rings. The van der Waals surface area contributed by atoms with Crippen LogP contribution in [0.5, 0.6) is 0 Å². The Morgan fingerprint density at radius 1 is 1.09 bits per heavy atom. The van der Waals surface area contributed by atoms with Gasteiger partial charge in [0.2, 0.25) is 5.96 Å². The van der Waals surface area contributed by atoms with Crippen LogP contribution in [0, 0.1) is 0 Å². The molecule has 0 saturated heterocycles. The Morgan fingerprint density at radius 2 is 1.86 bits per heavy atom. The Hall–Kier alpha value is -1.79. The molecule has 0 aromatic heterocycles. The predicted octanol–water partition coefficient (Wildman–Crippen LogP) is 4.65. The van der Waals surface area contributed by atoms with Crippen molar-refractivity contribution in [3.63, 3.8) is 0 Å². The second-order valence-electron chi connectivity index (χ2n) is 4.57. The molecule has 0 amide bonds. The van der Waals surface area contributed by atoms with Crippen LogP contribution in [0.4, 0.5) is 14.5 Å². The standard InChI is InChI=1S/C15H12ClF2N3S/c16-11-6-2-1-4-9(11)10-5-3-7-12-14(10)20-15(21-22-12)19-8-13(17)18/h1-7,13H,8H2,(H2,19,20,21). The molecular weight excluding hydrogens is 328 g/mol. The summed E-state index contributed by atoms with van der Waals surface area (Å²) in [5, 5.41) is 3.70. The van der Waals surface area contributed by atoms with E-state index in [9.17, 15) is 8.78 Å². The van der Waals surface area contributed by atoms with Gasteiger partial charge in [-0.2, -0.15) is 0 Å². The number of fused-ring (bicyclic) bond motifs is 1. The zero-order valence-corrected chi connectivity index (χ0v) is 12.9. The van der Waals surface area contributed by atoms with Crippen LogP contribution in [-0.2, 0) is 0 Å². The van der Waals surface area contributed by atoms with Crippen LogP contribution in [0.25, 0.3) is 11.1 Å². The molecule has 7 heteroatoms. The first-order chi connectivity index (χ1) is 10.6. The highest BCUT2D eigenvalue weighted by molar-refractivity contribution is 7.98. The van der Waals surface area contributed by atoms with Gasteiger partial charge in [0, 0.05) is 16.1 Å². The molecule has 0 bridgehead atoms. The molecule has 0 fully saturated rings. The van der Waals surface area contributed by atoms with E-state index in [0.717, 1.165) is 21.7 Å². The monoisotopic (exact) mass is 339 g/mol. The van der Waals surface area contributed by atoms with Crippen molar-refractivity contribution in [2.45, 2.75) is 11.3 Å². The topological polar surface area (TPSA) is 36.4 Å². The first-order valence-corrected chi connectivity index (χ1v) is 7.75. The van der Waals surface area contributed by atoms with Crippen LogP contribution in [0.15, 0.2) is 52.4 Å². The summed E-state index contributed by atoms with van der Waals surface area (Å²) in [6.45, 7) is -0.542. The minimum Gasteiger partial charge on any atom is -0.324 e. The molecule has 0 aliphatic carbocycles. The van der Waals surface area contributed by atoms with Gasteiger partial charge < -0.3 is 5.32 Å². The molecule has 114 valence electrons. The average molecular weight is 340 g/mol. The number of hydrogen-bond donors (Lipinski definition) is 2. The summed E-state index contributed by atoms with van der Waals surface area (Å²) < 4.78 is 27.5. The van der Waals surface area contributed by atoms with Gasteiger partial charge in [0.25, 0.3) is 6.43 Å². The largest absolute Gasteiger partial charge is 0.324 e. The number of anilines is 1. The average Bonchev–Trinajstić information content (AvgIpc) is 2.53. The Labute approximate surface area is 135 Å². The van der Waals surface area contributed by atoms with Crippen LogP contribution in [0.1, 0.15) is 0 Å². The van der Waals surface area contributed by atoms with E-state index in [2.05, 4.69) is 15.0 Å². The molecule has 1 aliphatic heterocycles. The van der Waals surface area contributed by atoms with Gasteiger partial charge >= 0.3 is 0 Å². The number of halogens is 3. The zero-order chi connectivity index (χ0) is 15.5. The van der Waals surface area contributed by atoms with Crippen LogP contribution < -0.4 is 10.0 Å². The van der Waals surface area contributed by atoms with E-state index in [1.165, 1.54) is 11.9 Å². The molecule has 3 nitrogen and oxygen atoms in total. The van der Waals surface area contributed by atoms with Crippen LogP contribution in [0.2, 0.25) is 5.02 Å². The van der Waals surface area contributed by atoms with Crippen LogP contribution in [-0.4, -0.2) is 18.9 Å². The highest BCUT2D eigenvalue weighted by Crippen LogP contribution is 2.40. The first-order valence-electron chi connectivity index (χ1n) is 6.55. The van der Waals surface area contributed by atoms with Gasteiger partial charge in [0.15, 0.2) is 0 Å². The summed E-state index contributed by atoms with van der Waals surface area (Å²) in [6.07, 6.45) is -2.47. The predicted molar refractivity (Wildman–Crippen MR) is 87.8 cm³/mol. The van der Waals surface area contributed by atoms with Gasteiger partial charge in [-0.05, 0) is 24.1 Å². The number of benzene rings is 2. The smallest absolute Gasteiger partial charge is 0.257 e. The number of para-hydroxylation sites is 1. The highest BCUT2D eigenvalue weighted by Gasteiger charge is 2.19. The van der Waals surface area contributed by atoms with E-state index >= 15 is 0 Å². The Kier molecular flexibility index (Phi) is 4.49. The molecule has 3 rings (SSSR count). The number of nitrogens with one attached hydrogen (secondary N) is 2. The fraction of sp³-hybridized carbons (Fsp3) is 0.133. The molecule has 2 N–H and O–H groups in total. The zero-order valence-electron chi connectivity index (χ0n) is 11.3. The van der Waals surface area contributed by atoms with Gasteiger partial charge in [-0.1, -0.05) is 41.9 Å². The molecule has 0 atom stereocenters. The van der Waals surface area contributed by atoms with Crippen molar-refractivity contribution >= 4 is 35.2 Å². The summed E-state index contributed by atoms with van der Waals surface area (Å²) in [5.74, 6) is 0.317. The quantitative estimate of drug-likeness (QED) is 0.799. The molecule has 0 unspecified atom stereocenters. The maximum absolute atomic E-state index is 12.3. The second-order valence-corrected chi connectivity index (χ2v) is 5.82. The van der Waals surface area contributed by atoms with E-state index in [1.54, 1.807) is 0 Å². The number of rotatable bonds is 3. The van der Waals surface area contributed by atoms with E-state index in [0.29, 0.717) is 11.0 Å². The molecule has 0 radical (unpaired) electrons. The van der Waals surface area contributed by atoms with Crippen molar-refractivity contribution in [1.82, 2.24) is 4.72 Å². The van der Waals surface area contributed by atoms with Crippen LogP contribution >= 0.6 is 23.5 Å². The molecule has 2 aromatic carbocycles. The fourth-order valence-corrected chi connectivity index (χ4v) is 3.10. The van der Waals surface area contributed by atoms with Gasteiger partial charge in [-0.25, -0.2) is 13.8 Å². The maximum atomic E-state index is 12.3. The minimum atomic E-state index is -2.47. The normalized spacial score (nSPS) is 15.4. The lowest BCUT2D eigenvalue weighted by atomic mass is 10.0. The number of hydrogen-bond acceptors (Lipinski definition) is 2. The van der Waals surface area contributed by atoms with E-state index in [-0.39, 0.29) is 0 Å². The summed E-state index contributed by atoms with van der Waals surface area (Å²) in [7, 11) is 0. The van der Waals surface area contributed by atoms with Crippen molar-refractivity contribution in [2.75, 3.05) is 11.9 Å². The SMILES string of the molecule is FC(F)CN=C1NSc2cccc(-c3ccccc3Cl)c2N1. The molecule has 1 heterocycles. The van der Waals surface area contributed by atoms with E-state index in [1.807, 2.05) is 42.5 Å². The van der Waals surface area contributed by atoms with Crippen molar-refractivity contribution in [3.05, 3.63) is 47.5 Å². The third-order valence-electron chi connectivity index (χ3n) is 3.08. The molecule has 1 aliphatic rings. The highest BCUT2D eigenvalue weighted by atomic mass is 35.5. The van der Waals surface area contributed by atoms with Gasteiger partial charge in [0.05, 0.1) is 10.6 Å². The Balaban J connectivity index is 1.99. The van der Waals surface area contributed by atoms with Gasteiger partial charge in [-0.15, -0.1) is 0 Å². The molecule has 0 saturated carbocycles. The van der Waals surface area contributed by atoms with Crippen molar-refractivity contribution in [2.24, 2.45) is 4.99 Å². The van der Waals surface area contributed by atoms with E-state index in [4.69, 9.17) is 11.6 Å². The number of nitrogens with zero attached hydrogens (tertiary/aromatic N) is 1. The van der Waals surface area contributed by atoms with Gasteiger partial charge in [0.1, 0.15) is 6.54 Å². The molecular formula is C15H12ClF2N3S. The number of alkyl halides is 2. The van der Waals surface area contributed by atoms with E-state index < -0.39 is 13.0 Å². The lowest BCUT2D eigenvalue weighted by Crippen LogP contribution is -2.30. The summed E-state index contributed by atoms with van der Waals surface area (Å²) in [6, 6.07) is 13.3. The minimum absolute atomic E-state index is 0.317.